The molecule has 1 amide bonds. The van der Waals surface area contributed by atoms with Crippen molar-refractivity contribution >= 4 is 29.6 Å². The second-order valence-electron chi connectivity index (χ2n) is 6.23. The van der Waals surface area contributed by atoms with Gasteiger partial charge in [-0.3, -0.25) is 9.48 Å². The third-order valence-corrected chi connectivity index (χ3v) is 4.26. The Hall–Kier alpha value is -1.82. The van der Waals surface area contributed by atoms with E-state index < -0.39 is 12.0 Å². The number of amides is 1. The summed E-state index contributed by atoms with van der Waals surface area (Å²) in [7, 11) is 0. The van der Waals surface area contributed by atoms with E-state index in [1.54, 1.807) is 10.8 Å². The van der Waals surface area contributed by atoms with Crippen molar-refractivity contribution in [3.8, 4) is 0 Å². The lowest BCUT2D eigenvalue weighted by Crippen LogP contribution is -2.39. The highest BCUT2D eigenvalue weighted by Gasteiger charge is 2.32. The molecular weight excluding hydrogens is 318 g/mol. The molecule has 0 bridgehead atoms. The van der Waals surface area contributed by atoms with Gasteiger partial charge in [0.2, 0.25) is 5.91 Å². The zero-order chi connectivity index (χ0) is 17.1. The van der Waals surface area contributed by atoms with Crippen molar-refractivity contribution in [3.05, 3.63) is 22.5 Å². The Morgan fingerprint density at radius 3 is 2.78 bits per heavy atom. The van der Waals surface area contributed by atoms with E-state index in [-0.39, 0.29) is 5.91 Å². The lowest BCUT2D eigenvalue weighted by Gasteiger charge is -2.19. The number of rotatable bonds is 5. The lowest BCUT2D eigenvalue weighted by atomic mass is 10.2. The van der Waals surface area contributed by atoms with Gasteiger partial charge in [-0.15, -0.1) is 0 Å². The van der Waals surface area contributed by atoms with Gasteiger partial charge in [0.15, 0.2) is 0 Å². The van der Waals surface area contributed by atoms with E-state index in [9.17, 15) is 9.59 Å². The van der Waals surface area contributed by atoms with Crippen LogP contribution >= 0.6 is 11.6 Å². The zero-order valence-corrected chi connectivity index (χ0v) is 14.4. The molecule has 0 radical (unpaired) electrons. The van der Waals surface area contributed by atoms with Gasteiger partial charge in [-0.1, -0.05) is 25.4 Å². The van der Waals surface area contributed by atoms with Gasteiger partial charge in [-0.2, -0.15) is 5.10 Å². The van der Waals surface area contributed by atoms with Gasteiger partial charge in [0.05, 0.1) is 5.69 Å². The Kier molecular flexibility index (Phi) is 5.46. The minimum Gasteiger partial charge on any atom is -0.480 e. The second-order valence-corrected chi connectivity index (χ2v) is 6.59. The molecule has 7 heteroatoms. The maximum Gasteiger partial charge on any atom is 0.326 e. The van der Waals surface area contributed by atoms with Crippen LogP contribution in [0.3, 0.4) is 0 Å². The molecule has 1 saturated heterocycles. The van der Waals surface area contributed by atoms with Crippen molar-refractivity contribution in [1.29, 1.82) is 0 Å². The second kappa shape index (κ2) is 7.17. The predicted octanol–water partition coefficient (Wildman–Crippen LogP) is 2.59. The van der Waals surface area contributed by atoms with Gasteiger partial charge in [-0.05, 0) is 31.8 Å². The normalized spacial score (nSPS) is 18.3. The molecule has 0 aliphatic carbocycles. The van der Waals surface area contributed by atoms with Gasteiger partial charge in [0.1, 0.15) is 11.2 Å². The molecule has 1 aliphatic heterocycles. The first kappa shape index (κ1) is 17.5. The lowest BCUT2D eigenvalue weighted by molar-refractivity contribution is -0.146. The molecule has 23 heavy (non-hydrogen) atoms. The Balaban J connectivity index is 2.15. The molecule has 2 heterocycles. The molecule has 1 aromatic rings. The Labute approximate surface area is 140 Å². The van der Waals surface area contributed by atoms with Crippen LogP contribution in [0, 0.1) is 12.8 Å². The number of hydrogen-bond donors (Lipinski definition) is 1. The summed E-state index contributed by atoms with van der Waals surface area (Å²) in [5.41, 5.74) is 1.45. The zero-order valence-electron chi connectivity index (χ0n) is 13.6. The fourth-order valence-corrected chi connectivity index (χ4v) is 3.07. The summed E-state index contributed by atoms with van der Waals surface area (Å²) in [6.07, 6.45) is 4.22. The molecule has 1 atom stereocenters. The SMILES string of the molecule is Cc1nn(CC(C)C)c(Cl)c1/C=C/C(=O)N1CCCC1C(=O)O. The molecule has 1 aromatic heterocycles. The summed E-state index contributed by atoms with van der Waals surface area (Å²) in [5, 5.41) is 14.0. The number of likely N-dealkylation sites (tertiary alicyclic amines) is 1. The first-order valence-corrected chi connectivity index (χ1v) is 8.13. The fourth-order valence-electron chi connectivity index (χ4n) is 2.76. The minimum absolute atomic E-state index is 0.304. The third-order valence-electron chi connectivity index (χ3n) is 3.86. The molecule has 2 rings (SSSR count). The average molecular weight is 340 g/mol. The van der Waals surface area contributed by atoms with Crippen LogP contribution in [0.5, 0.6) is 0 Å². The van der Waals surface area contributed by atoms with Crippen LogP contribution in [0.4, 0.5) is 0 Å². The first-order chi connectivity index (χ1) is 10.8. The number of carbonyl (C=O) groups is 2. The van der Waals surface area contributed by atoms with E-state index in [2.05, 4.69) is 18.9 Å². The number of nitrogens with zero attached hydrogens (tertiary/aromatic N) is 3. The van der Waals surface area contributed by atoms with Gasteiger partial charge >= 0.3 is 5.97 Å². The summed E-state index contributed by atoms with van der Waals surface area (Å²) in [5.74, 6) is -0.851. The third kappa shape index (κ3) is 3.93. The van der Waals surface area contributed by atoms with Crippen LogP contribution in [0.2, 0.25) is 5.15 Å². The largest absolute Gasteiger partial charge is 0.480 e. The van der Waals surface area contributed by atoms with Crippen LogP contribution in [0.1, 0.15) is 37.9 Å². The van der Waals surface area contributed by atoms with Crippen LogP contribution in [-0.4, -0.2) is 44.3 Å². The van der Waals surface area contributed by atoms with E-state index >= 15 is 0 Å². The highest BCUT2D eigenvalue weighted by atomic mass is 35.5. The van der Waals surface area contributed by atoms with Crippen molar-refractivity contribution in [2.45, 2.75) is 46.2 Å². The first-order valence-electron chi connectivity index (χ1n) is 7.75. The van der Waals surface area contributed by atoms with Gasteiger partial charge in [0, 0.05) is 24.7 Å². The van der Waals surface area contributed by atoms with Crippen LogP contribution in [0.15, 0.2) is 6.08 Å². The summed E-state index contributed by atoms with van der Waals surface area (Å²) >= 11 is 6.33. The molecular formula is C16H22ClN3O3. The quantitative estimate of drug-likeness (QED) is 0.837. The number of aryl methyl sites for hydroxylation is 1. The van der Waals surface area contributed by atoms with Crippen LogP contribution in [0.25, 0.3) is 6.08 Å². The number of aromatic nitrogens is 2. The summed E-state index contributed by atoms with van der Waals surface area (Å²) in [6, 6.07) is -0.729. The number of carboxylic acids is 1. The number of carboxylic acid groups (broad SMARTS) is 1. The molecule has 1 fully saturated rings. The molecule has 126 valence electrons. The van der Waals surface area contributed by atoms with Crippen molar-refractivity contribution in [2.24, 2.45) is 5.92 Å². The smallest absolute Gasteiger partial charge is 0.326 e. The van der Waals surface area contributed by atoms with E-state index in [1.807, 2.05) is 6.92 Å². The number of halogens is 1. The molecule has 1 unspecified atom stereocenters. The average Bonchev–Trinajstić information content (AvgIpc) is 3.03. The van der Waals surface area contributed by atoms with E-state index in [0.717, 1.165) is 5.69 Å². The van der Waals surface area contributed by atoms with Crippen LogP contribution in [-0.2, 0) is 16.1 Å². The standard InChI is InChI=1S/C16H22ClN3O3/c1-10(2)9-20-15(17)12(11(3)18-20)6-7-14(21)19-8-4-5-13(19)16(22)23/h6-7,10,13H,4-5,8-9H2,1-3H3,(H,22,23)/b7-6+. The van der Waals surface area contributed by atoms with E-state index in [0.29, 0.717) is 42.6 Å². The summed E-state index contributed by atoms with van der Waals surface area (Å²) in [4.78, 5) is 24.8. The topological polar surface area (TPSA) is 75.4 Å². The van der Waals surface area contributed by atoms with Crippen molar-refractivity contribution in [1.82, 2.24) is 14.7 Å². The Morgan fingerprint density at radius 1 is 1.48 bits per heavy atom. The Bertz CT molecular complexity index is 637. The van der Waals surface area contributed by atoms with Crippen molar-refractivity contribution in [2.75, 3.05) is 6.54 Å². The van der Waals surface area contributed by atoms with Gasteiger partial charge in [0.25, 0.3) is 0 Å². The number of carbonyl (C=O) groups excluding carboxylic acids is 1. The molecule has 0 aromatic carbocycles. The molecule has 1 N–H and O–H groups in total. The highest BCUT2D eigenvalue weighted by Crippen LogP contribution is 2.23. The number of hydrogen-bond acceptors (Lipinski definition) is 3. The molecule has 1 aliphatic rings. The summed E-state index contributed by atoms with van der Waals surface area (Å²) < 4.78 is 1.72. The predicted molar refractivity (Wildman–Crippen MR) is 88.2 cm³/mol. The Morgan fingerprint density at radius 2 is 2.17 bits per heavy atom. The van der Waals surface area contributed by atoms with E-state index in [4.69, 9.17) is 16.7 Å². The van der Waals surface area contributed by atoms with E-state index in [1.165, 1.54) is 11.0 Å². The van der Waals surface area contributed by atoms with Crippen molar-refractivity contribution in [3.63, 3.8) is 0 Å². The molecule has 0 saturated carbocycles. The maximum absolute atomic E-state index is 12.2. The number of aliphatic carboxylic acids is 1. The van der Waals surface area contributed by atoms with Gasteiger partial charge < -0.3 is 10.0 Å². The van der Waals surface area contributed by atoms with Crippen LogP contribution < -0.4 is 0 Å². The minimum atomic E-state index is -0.955. The fraction of sp³-hybridized carbons (Fsp3) is 0.562. The van der Waals surface area contributed by atoms with Gasteiger partial charge in [-0.25, -0.2) is 4.79 Å². The van der Waals surface area contributed by atoms with Crippen molar-refractivity contribution < 1.29 is 14.7 Å². The molecule has 0 spiro atoms. The molecule has 6 nitrogen and oxygen atoms in total. The monoisotopic (exact) mass is 339 g/mol. The maximum atomic E-state index is 12.2. The highest BCUT2D eigenvalue weighted by molar-refractivity contribution is 6.31. The summed E-state index contributed by atoms with van der Waals surface area (Å²) in [6.45, 7) is 7.16.